The van der Waals surface area contributed by atoms with Gasteiger partial charge in [-0.2, -0.15) is 0 Å². The van der Waals surface area contributed by atoms with Crippen LogP contribution in [0, 0.1) is 0 Å². The van der Waals surface area contributed by atoms with Gasteiger partial charge in [-0.05, 0) is 19.3 Å². The zero-order chi connectivity index (χ0) is 21.2. The van der Waals surface area contributed by atoms with Crippen LogP contribution in [0.2, 0.25) is 0 Å². The van der Waals surface area contributed by atoms with E-state index in [1.54, 1.807) is 28.4 Å². The highest BCUT2D eigenvalue weighted by Crippen LogP contribution is 1.90. The van der Waals surface area contributed by atoms with Crippen molar-refractivity contribution < 1.29 is 49.4 Å². The smallest absolute Gasteiger partial charge is 0.0993 e. The molecule has 10 nitrogen and oxygen atoms in total. The van der Waals surface area contributed by atoms with Crippen LogP contribution in [-0.4, -0.2) is 93.0 Å². The molecule has 0 bridgehead atoms. The van der Waals surface area contributed by atoms with Crippen molar-refractivity contribution in [2.45, 2.75) is 19.3 Å². The summed E-state index contributed by atoms with van der Waals surface area (Å²) >= 11 is 0. The number of quaternary nitrogens is 2. The van der Waals surface area contributed by atoms with Crippen molar-refractivity contribution in [2.75, 3.05) is 81.0 Å². The molecule has 0 fully saturated rings. The van der Waals surface area contributed by atoms with Crippen LogP contribution in [0.3, 0.4) is 0 Å². The van der Waals surface area contributed by atoms with E-state index < -0.39 is 11.9 Å². The highest BCUT2D eigenvalue weighted by molar-refractivity contribution is 5.67. The van der Waals surface area contributed by atoms with E-state index >= 15 is 0 Å². The van der Waals surface area contributed by atoms with Gasteiger partial charge in [0.25, 0.3) is 0 Å². The van der Waals surface area contributed by atoms with Gasteiger partial charge in [0.05, 0.1) is 52.6 Å². The molecule has 0 radical (unpaired) electrons. The fourth-order valence-corrected chi connectivity index (χ4v) is 1.47. The Labute approximate surface area is 162 Å². The first kappa shape index (κ1) is 30.4. The zero-order valence-electron chi connectivity index (χ0n) is 17.2. The van der Waals surface area contributed by atoms with Crippen LogP contribution in [0.15, 0.2) is 0 Å². The van der Waals surface area contributed by atoms with E-state index in [0.29, 0.717) is 0 Å². The van der Waals surface area contributed by atoms with Gasteiger partial charge in [-0.25, -0.2) is 0 Å². The van der Waals surface area contributed by atoms with Gasteiger partial charge in [-0.3, -0.25) is 0 Å². The number of ether oxygens (including phenoxy) is 4. The molecule has 0 heterocycles. The molecular weight excluding hydrogens is 360 g/mol. The number of nitrogens with two attached hydrogens (primary N) is 2. The molecule has 0 atom stereocenters. The van der Waals surface area contributed by atoms with Crippen LogP contribution in [-0.2, 0) is 28.5 Å². The Hall–Kier alpha value is -1.30. The van der Waals surface area contributed by atoms with E-state index in [1.807, 2.05) is 0 Å². The van der Waals surface area contributed by atoms with Crippen molar-refractivity contribution in [3.05, 3.63) is 0 Å². The van der Waals surface area contributed by atoms with Crippen molar-refractivity contribution >= 4 is 11.9 Å². The SMILES string of the molecule is COCC[NH2+]CCOC.COCC[NH2+]CCOC.O=C([O-])CCCC(=O)[O-]. The summed E-state index contributed by atoms with van der Waals surface area (Å²) in [4.78, 5) is 19.3. The summed E-state index contributed by atoms with van der Waals surface area (Å²) in [7, 11) is 6.85. The van der Waals surface area contributed by atoms with Crippen LogP contribution in [0.25, 0.3) is 0 Å². The molecule has 0 saturated heterocycles. The van der Waals surface area contributed by atoms with Crippen molar-refractivity contribution in [2.24, 2.45) is 0 Å². The Balaban J connectivity index is -0.000000320. The number of rotatable bonds is 16. The molecule has 0 aromatic heterocycles. The summed E-state index contributed by atoms with van der Waals surface area (Å²) in [5.74, 6) is -2.45. The Morgan fingerprint density at radius 3 is 1.07 bits per heavy atom. The van der Waals surface area contributed by atoms with Gasteiger partial charge in [0.1, 0.15) is 0 Å². The number of aliphatic carboxylic acids is 2. The van der Waals surface area contributed by atoms with Crippen LogP contribution in [0.1, 0.15) is 19.3 Å². The van der Waals surface area contributed by atoms with E-state index in [9.17, 15) is 19.8 Å². The van der Waals surface area contributed by atoms with E-state index in [2.05, 4.69) is 10.6 Å². The van der Waals surface area contributed by atoms with Gasteiger partial charge >= 0.3 is 0 Å². The second-order valence-electron chi connectivity index (χ2n) is 5.30. The van der Waals surface area contributed by atoms with E-state index in [-0.39, 0.29) is 19.3 Å². The lowest BCUT2D eigenvalue weighted by molar-refractivity contribution is -0.657. The second kappa shape index (κ2) is 29.5. The molecule has 0 unspecified atom stereocenters. The lowest BCUT2D eigenvalue weighted by Crippen LogP contribution is -2.86. The Morgan fingerprint density at radius 2 is 0.889 bits per heavy atom. The largest absolute Gasteiger partial charge is 0.550 e. The Kier molecular flexibility index (Phi) is 33.2. The molecule has 0 spiro atoms. The molecule has 10 heteroatoms. The summed E-state index contributed by atoms with van der Waals surface area (Å²) in [6, 6.07) is 0. The van der Waals surface area contributed by atoms with E-state index in [1.165, 1.54) is 0 Å². The number of hydrogen-bond donors (Lipinski definition) is 2. The standard InChI is InChI=1S/2C6H15NO2.C5H8O4/c2*1-8-5-3-7-4-6-9-2;6-4(7)2-1-3-5(8)9/h2*7H,3-6H2,1-2H3;1-3H2,(H,6,7)(H,8,9). The molecule has 0 amide bonds. The molecule has 27 heavy (non-hydrogen) atoms. The van der Waals surface area contributed by atoms with Crippen LogP contribution in [0.4, 0.5) is 0 Å². The molecule has 0 saturated carbocycles. The molecule has 0 aliphatic heterocycles. The summed E-state index contributed by atoms with van der Waals surface area (Å²) in [6.45, 7) is 7.40. The maximum Gasteiger partial charge on any atom is 0.0993 e. The minimum Gasteiger partial charge on any atom is -0.550 e. The first-order valence-corrected chi connectivity index (χ1v) is 8.94. The minimum atomic E-state index is -1.23. The maximum absolute atomic E-state index is 9.66. The Bertz CT molecular complexity index is 267. The predicted octanol–water partition coefficient (Wildman–Crippen LogP) is -4.66. The third kappa shape index (κ3) is 45.6. The number of methoxy groups -OCH3 is 4. The second-order valence-corrected chi connectivity index (χ2v) is 5.30. The van der Waals surface area contributed by atoms with Gasteiger partial charge in [0.15, 0.2) is 0 Å². The van der Waals surface area contributed by atoms with E-state index in [4.69, 9.17) is 18.9 Å². The summed E-state index contributed by atoms with van der Waals surface area (Å²) in [5.41, 5.74) is 0. The quantitative estimate of drug-likeness (QED) is 0.246. The molecule has 0 aromatic rings. The third-order valence-corrected chi connectivity index (χ3v) is 2.87. The molecule has 4 N–H and O–H groups in total. The topological polar surface area (TPSA) is 150 Å². The highest BCUT2D eigenvalue weighted by Gasteiger charge is 1.88. The molecule has 0 aromatic carbocycles. The van der Waals surface area contributed by atoms with Crippen molar-refractivity contribution in [1.29, 1.82) is 0 Å². The number of hydrogen-bond acceptors (Lipinski definition) is 8. The molecule has 0 aliphatic carbocycles. The fraction of sp³-hybridized carbons (Fsp3) is 0.882. The molecular formula is C17H38N2O8. The van der Waals surface area contributed by atoms with E-state index in [0.717, 1.165) is 52.6 Å². The third-order valence-electron chi connectivity index (χ3n) is 2.87. The van der Waals surface area contributed by atoms with Gasteiger partial charge in [-0.15, -0.1) is 0 Å². The lowest BCUT2D eigenvalue weighted by atomic mass is 10.2. The lowest BCUT2D eigenvalue weighted by Gasteiger charge is -2.01. The van der Waals surface area contributed by atoms with Gasteiger partial charge in [0.2, 0.25) is 0 Å². The summed E-state index contributed by atoms with van der Waals surface area (Å²) in [6.07, 6.45) is -0.341. The zero-order valence-corrected chi connectivity index (χ0v) is 17.2. The maximum atomic E-state index is 9.66. The molecule has 0 rings (SSSR count). The number of carboxylic acids is 2. The Morgan fingerprint density at radius 1 is 0.630 bits per heavy atom. The van der Waals surface area contributed by atoms with Crippen LogP contribution < -0.4 is 20.8 Å². The van der Waals surface area contributed by atoms with Gasteiger partial charge in [0, 0.05) is 40.4 Å². The van der Waals surface area contributed by atoms with Crippen LogP contribution >= 0.6 is 0 Å². The van der Waals surface area contributed by atoms with Crippen molar-refractivity contribution in [3.8, 4) is 0 Å². The summed E-state index contributed by atoms with van der Waals surface area (Å²) < 4.78 is 19.4. The summed E-state index contributed by atoms with van der Waals surface area (Å²) in [5, 5.41) is 23.7. The van der Waals surface area contributed by atoms with Gasteiger partial charge in [-0.1, -0.05) is 0 Å². The molecule has 164 valence electrons. The number of carboxylic acid groups (broad SMARTS) is 2. The van der Waals surface area contributed by atoms with Gasteiger partial charge < -0.3 is 49.4 Å². The first-order valence-electron chi connectivity index (χ1n) is 8.94. The van der Waals surface area contributed by atoms with Crippen LogP contribution in [0.5, 0.6) is 0 Å². The normalized spacial score (nSPS) is 9.63. The van der Waals surface area contributed by atoms with Crippen molar-refractivity contribution in [1.82, 2.24) is 0 Å². The highest BCUT2D eigenvalue weighted by atomic mass is 16.5. The average Bonchev–Trinajstić information content (AvgIpc) is 2.62. The predicted molar refractivity (Wildman–Crippen MR) is 94.7 cm³/mol. The monoisotopic (exact) mass is 398 g/mol. The van der Waals surface area contributed by atoms with Crippen molar-refractivity contribution in [3.63, 3.8) is 0 Å². The fourth-order valence-electron chi connectivity index (χ4n) is 1.47. The molecule has 0 aliphatic rings. The first-order chi connectivity index (χ1) is 13.0. The number of carbonyl (C=O) groups excluding carboxylic acids is 2. The average molecular weight is 398 g/mol. The number of carbonyl (C=O) groups is 2. The minimum absolute atomic E-state index is 0.0880.